The van der Waals surface area contributed by atoms with E-state index in [1.54, 1.807) is 0 Å². The monoisotopic (exact) mass is 291 g/mol. The van der Waals surface area contributed by atoms with Crippen LogP contribution in [-0.2, 0) is 17.3 Å². The molecule has 0 aliphatic carbocycles. The van der Waals surface area contributed by atoms with Crippen molar-refractivity contribution in [2.75, 3.05) is 32.8 Å². The van der Waals surface area contributed by atoms with Gasteiger partial charge in [0.15, 0.2) is 0 Å². The molecule has 2 nitrogen and oxygen atoms in total. The molecule has 0 amide bonds. The minimum atomic E-state index is -4.50. The van der Waals surface area contributed by atoms with E-state index in [1.807, 2.05) is 0 Å². The molecule has 0 N–H and O–H groups in total. The van der Waals surface area contributed by atoms with Crippen molar-refractivity contribution in [2.45, 2.75) is 19.0 Å². The number of alkyl halides is 3. The minimum absolute atomic E-state index is 0.394. The topological polar surface area (TPSA) is 12.5 Å². The second-order valence-electron chi connectivity index (χ2n) is 4.90. The number of nitrogens with zero attached hydrogens (tertiary/aromatic N) is 1. The SMILES string of the molecule is Fc1cc(CCCN2CCOCC2)cc(C(F)(F)F)c1. The van der Waals surface area contributed by atoms with Gasteiger partial charge in [-0.1, -0.05) is 0 Å². The summed E-state index contributed by atoms with van der Waals surface area (Å²) in [5, 5.41) is 0. The third-order valence-corrected chi connectivity index (χ3v) is 3.33. The molecule has 1 saturated heterocycles. The van der Waals surface area contributed by atoms with E-state index < -0.39 is 17.6 Å². The molecule has 1 aliphatic heterocycles. The molecule has 0 atom stereocenters. The van der Waals surface area contributed by atoms with Crippen LogP contribution in [0.1, 0.15) is 17.5 Å². The van der Waals surface area contributed by atoms with Gasteiger partial charge >= 0.3 is 6.18 Å². The summed E-state index contributed by atoms with van der Waals surface area (Å²) >= 11 is 0. The highest BCUT2D eigenvalue weighted by molar-refractivity contribution is 5.26. The molecule has 20 heavy (non-hydrogen) atoms. The molecular formula is C14H17F4NO. The second-order valence-corrected chi connectivity index (χ2v) is 4.90. The lowest BCUT2D eigenvalue weighted by Gasteiger charge is -2.26. The first-order valence-corrected chi connectivity index (χ1v) is 6.62. The van der Waals surface area contributed by atoms with Crippen LogP contribution in [0.5, 0.6) is 0 Å². The summed E-state index contributed by atoms with van der Waals surface area (Å²) in [7, 11) is 0. The number of halogens is 4. The molecule has 1 heterocycles. The molecule has 2 rings (SSSR count). The normalized spacial score (nSPS) is 17.4. The summed E-state index contributed by atoms with van der Waals surface area (Å²) in [5.41, 5.74) is -0.524. The average molecular weight is 291 g/mol. The smallest absolute Gasteiger partial charge is 0.379 e. The number of aryl methyl sites for hydroxylation is 1. The van der Waals surface area contributed by atoms with Gasteiger partial charge in [0, 0.05) is 13.1 Å². The molecule has 1 fully saturated rings. The average Bonchev–Trinajstić information content (AvgIpc) is 2.38. The van der Waals surface area contributed by atoms with Crippen molar-refractivity contribution in [1.29, 1.82) is 0 Å². The number of hydrogen-bond acceptors (Lipinski definition) is 2. The lowest BCUT2D eigenvalue weighted by atomic mass is 10.1. The summed E-state index contributed by atoms with van der Waals surface area (Å²) < 4.78 is 56.1. The van der Waals surface area contributed by atoms with Gasteiger partial charge in [-0.3, -0.25) is 4.90 Å². The van der Waals surface area contributed by atoms with E-state index in [0.717, 1.165) is 25.7 Å². The van der Waals surface area contributed by atoms with Gasteiger partial charge in [0.05, 0.1) is 18.8 Å². The lowest BCUT2D eigenvalue weighted by molar-refractivity contribution is -0.137. The van der Waals surface area contributed by atoms with Crippen LogP contribution < -0.4 is 0 Å². The van der Waals surface area contributed by atoms with Gasteiger partial charge in [0.25, 0.3) is 0 Å². The number of hydrogen-bond donors (Lipinski definition) is 0. The molecule has 0 saturated carbocycles. The Hall–Kier alpha value is -1.14. The maximum atomic E-state index is 13.2. The quantitative estimate of drug-likeness (QED) is 0.790. The van der Waals surface area contributed by atoms with Crippen LogP contribution in [0.15, 0.2) is 18.2 Å². The summed E-state index contributed by atoms with van der Waals surface area (Å²) in [6, 6.07) is 2.74. The maximum absolute atomic E-state index is 13.2. The first-order chi connectivity index (χ1) is 9.45. The van der Waals surface area contributed by atoms with E-state index in [4.69, 9.17) is 4.74 Å². The minimum Gasteiger partial charge on any atom is -0.379 e. The molecule has 6 heteroatoms. The Balaban J connectivity index is 1.90. The van der Waals surface area contributed by atoms with Crippen LogP contribution in [0.25, 0.3) is 0 Å². The predicted octanol–water partition coefficient (Wildman–Crippen LogP) is 3.11. The predicted molar refractivity (Wildman–Crippen MR) is 67.0 cm³/mol. The van der Waals surface area contributed by atoms with Crippen molar-refractivity contribution < 1.29 is 22.3 Å². The zero-order valence-electron chi connectivity index (χ0n) is 11.0. The zero-order chi connectivity index (χ0) is 14.6. The third-order valence-electron chi connectivity index (χ3n) is 3.33. The first kappa shape index (κ1) is 15.3. The molecule has 0 bridgehead atoms. The van der Waals surface area contributed by atoms with E-state index in [2.05, 4.69) is 4.90 Å². The van der Waals surface area contributed by atoms with E-state index >= 15 is 0 Å². The number of benzene rings is 1. The Morgan fingerprint density at radius 2 is 1.80 bits per heavy atom. The van der Waals surface area contributed by atoms with Crippen LogP contribution in [0.3, 0.4) is 0 Å². The van der Waals surface area contributed by atoms with E-state index in [1.165, 1.54) is 6.07 Å². The van der Waals surface area contributed by atoms with Crippen LogP contribution in [0.4, 0.5) is 17.6 Å². The molecule has 0 radical (unpaired) electrons. The molecular weight excluding hydrogens is 274 g/mol. The van der Waals surface area contributed by atoms with Gasteiger partial charge in [0.2, 0.25) is 0 Å². The Morgan fingerprint density at radius 3 is 2.45 bits per heavy atom. The zero-order valence-corrected chi connectivity index (χ0v) is 11.0. The maximum Gasteiger partial charge on any atom is 0.416 e. The van der Waals surface area contributed by atoms with E-state index in [9.17, 15) is 17.6 Å². The number of ether oxygens (including phenoxy) is 1. The van der Waals surface area contributed by atoms with Gasteiger partial charge in [-0.15, -0.1) is 0 Å². The largest absolute Gasteiger partial charge is 0.416 e. The van der Waals surface area contributed by atoms with Gasteiger partial charge in [-0.05, 0) is 43.1 Å². The highest BCUT2D eigenvalue weighted by Crippen LogP contribution is 2.30. The van der Waals surface area contributed by atoms with Gasteiger partial charge in [-0.2, -0.15) is 13.2 Å². The highest BCUT2D eigenvalue weighted by Gasteiger charge is 2.31. The summed E-state index contributed by atoms with van der Waals surface area (Å²) in [4.78, 5) is 2.20. The van der Waals surface area contributed by atoms with Crippen molar-refractivity contribution in [3.63, 3.8) is 0 Å². The highest BCUT2D eigenvalue weighted by atomic mass is 19.4. The Morgan fingerprint density at radius 1 is 1.10 bits per heavy atom. The van der Waals surface area contributed by atoms with Gasteiger partial charge in [-0.25, -0.2) is 4.39 Å². The van der Waals surface area contributed by atoms with E-state index in [-0.39, 0.29) is 0 Å². The summed E-state index contributed by atoms with van der Waals surface area (Å²) in [6.07, 6.45) is -3.35. The Kier molecular flexibility index (Phi) is 4.99. The van der Waals surface area contributed by atoms with Crippen molar-refractivity contribution in [2.24, 2.45) is 0 Å². The first-order valence-electron chi connectivity index (χ1n) is 6.62. The van der Waals surface area contributed by atoms with Crippen LogP contribution >= 0.6 is 0 Å². The fourth-order valence-corrected chi connectivity index (χ4v) is 2.29. The third kappa shape index (κ3) is 4.45. The molecule has 0 aromatic heterocycles. The molecule has 1 aromatic rings. The molecule has 1 aliphatic rings. The Bertz CT molecular complexity index is 441. The van der Waals surface area contributed by atoms with Crippen LogP contribution in [0, 0.1) is 5.82 Å². The second kappa shape index (κ2) is 6.54. The van der Waals surface area contributed by atoms with E-state index in [0.29, 0.717) is 37.7 Å². The summed E-state index contributed by atoms with van der Waals surface area (Å²) in [6.45, 7) is 3.87. The molecule has 0 spiro atoms. The molecule has 1 aromatic carbocycles. The van der Waals surface area contributed by atoms with Crippen molar-refractivity contribution in [3.8, 4) is 0 Å². The van der Waals surface area contributed by atoms with Crippen molar-refractivity contribution in [3.05, 3.63) is 35.1 Å². The standard InChI is InChI=1S/C14H17F4NO/c15-13-9-11(8-12(10-13)14(16,17)18)2-1-3-19-4-6-20-7-5-19/h8-10H,1-7H2. The fourth-order valence-electron chi connectivity index (χ4n) is 2.29. The van der Waals surface area contributed by atoms with Crippen LogP contribution in [-0.4, -0.2) is 37.7 Å². The van der Waals surface area contributed by atoms with Crippen molar-refractivity contribution in [1.82, 2.24) is 4.90 Å². The van der Waals surface area contributed by atoms with Gasteiger partial charge < -0.3 is 4.74 Å². The molecule has 112 valence electrons. The lowest BCUT2D eigenvalue weighted by Crippen LogP contribution is -2.36. The summed E-state index contributed by atoms with van der Waals surface area (Å²) in [5.74, 6) is -0.832. The van der Waals surface area contributed by atoms with Crippen LogP contribution in [0.2, 0.25) is 0 Å². The number of rotatable bonds is 4. The van der Waals surface area contributed by atoms with Crippen molar-refractivity contribution >= 4 is 0 Å². The number of morpholine rings is 1. The Labute approximate surface area is 115 Å². The fraction of sp³-hybridized carbons (Fsp3) is 0.571. The molecule has 0 unspecified atom stereocenters. The van der Waals surface area contributed by atoms with Gasteiger partial charge in [0.1, 0.15) is 5.82 Å².